The summed E-state index contributed by atoms with van der Waals surface area (Å²) >= 11 is 0. The maximum Gasteiger partial charge on any atom is 0.256 e. The van der Waals surface area contributed by atoms with Crippen LogP contribution in [0.15, 0.2) is 36.7 Å². The zero-order chi connectivity index (χ0) is 15.4. The summed E-state index contributed by atoms with van der Waals surface area (Å²) in [5.74, 6) is 0.703. The van der Waals surface area contributed by atoms with Gasteiger partial charge in [-0.3, -0.25) is 4.79 Å². The van der Waals surface area contributed by atoms with Gasteiger partial charge in [-0.2, -0.15) is 0 Å². The van der Waals surface area contributed by atoms with E-state index in [0.717, 1.165) is 22.2 Å². The van der Waals surface area contributed by atoms with E-state index < -0.39 is 0 Å². The predicted octanol–water partition coefficient (Wildman–Crippen LogP) is 2.33. The quantitative estimate of drug-likeness (QED) is 0.807. The minimum Gasteiger partial charge on any atom is -0.360 e. The monoisotopic (exact) mass is 307 g/mol. The van der Waals surface area contributed by atoms with Crippen LogP contribution in [0.4, 0.5) is 0 Å². The van der Waals surface area contributed by atoms with Crippen molar-refractivity contribution in [3.05, 3.63) is 47.9 Å². The molecule has 23 heavy (non-hydrogen) atoms. The molecule has 1 aliphatic carbocycles. The summed E-state index contributed by atoms with van der Waals surface area (Å²) in [5.41, 5.74) is 2.85. The number of likely N-dealkylation sites (tertiary alicyclic amines) is 1. The van der Waals surface area contributed by atoms with Crippen molar-refractivity contribution in [3.63, 3.8) is 0 Å². The van der Waals surface area contributed by atoms with Gasteiger partial charge in [0.15, 0.2) is 0 Å². The number of aromatic nitrogens is 4. The van der Waals surface area contributed by atoms with E-state index in [1.165, 1.54) is 12.8 Å². The average molecular weight is 307 g/mol. The highest BCUT2D eigenvalue weighted by Crippen LogP contribution is 2.39. The first-order valence-electron chi connectivity index (χ1n) is 8.07. The molecule has 0 radical (unpaired) electrons. The standard InChI is InChI=1S/C17H17N5O/c23-17(14-7-18-15-4-2-1-3-13(14)15)21-8-12(9-21)22-10-16(19-20-22)11-5-6-11/h1-4,7,10-12,18H,5-6,8-9H2. The fourth-order valence-electron chi connectivity index (χ4n) is 3.24. The van der Waals surface area contributed by atoms with E-state index in [-0.39, 0.29) is 11.9 Å². The van der Waals surface area contributed by atoms with Crippen LogP contribution in [0.25, 0.3) is 10.9 Å². The van der Waals surface area contributed by atoms with Crippen molar-refractivity contribution in [2.75, 3.05) is 13.1 Å². The zero-order valence-corrected chi connectivity index (χ0v) is 12.6. The smallest absolute Gasteiger partial charge is 0.256 e. The van der Waals surface area contributed by atoms with Crippen molar-refractivity contribution < 1.29 is 4.79 Å². The lowest BCUT2D eigenvalue weighted by Gasteiger charge is -2.38. The molecule has 2 aliphatic rings. The van der Waals surface area contributed by atoms with Gasteiger partial charge in [-0.1, -0.05) is 23.4 Å². The van der Waals surface area contributed by atoms with E-state index in [2.05, 4.69) is 21.5 Å². The molecule has 6 heteroatoms. The highest BCUT2D eigenvalue weighted by molar-refractivity contribution is 6.06. The Labute approximate surface area is 133 Å². The largest absolute Gasteiger partial charge is 0.360 e. The number of carbonyl (C=O) groups is 1. The van der Waals surface area contributed by atoms with Gasteiger partial charge in [0.05, 0.1) is 17.3 Å². The van der Waals surface area contributed by atoms with Gasteiger partial charge in [-0.05, 0) is 18.9 Å². The van der Waals surface area contributed by atoms with Gasteiger partial charge in [0.25, 0.3) is 5.91 Å². The minimum absolute atomic E-state index is 0.0845. The molecule has 2 aromatic heterocycles. The number of amides is 1. The van der Waals surface area contributed by atoms with Crippen molar-refractivity contribution in [2.45, 2.75) is 24.8 Å². The molecule has 0 bridgehead atoms. The molecular formula is C17H17N5O. The van der Waals surface area contributed by atoms with E-state index in [4.69, 9.17) is 0 Å². The Morgan fingerprint density at radius 3 is 2.87 bits per heavy atom. The highest BCUT2D eigenvalue weighted by Gasteiger charge is 2.35. The number of nitrogens with zero attached hydrogens (tertiary/aromatic N) is 4. The number of hydrogen-bond acceptors (Lipinski definition) is 3. The van der Waals surface area contributed by atoms with Crippen LogP contribution in [-0.2, 0) is 0 Å². The molecule has 6 nitrogen and oxygen atoms in total. The van der Waals surface area contributed by atoms with Gasteiger partial charge in [0, 0.05) is 42.3 Å². The van der Waals surface area contributed by atoms with Crippen LogP contribution < -0.4 is 0 Å². The maximum absolute atomic E-state index is 12.7. The summed E-state index contributed by atoms with van der Waals surface area (Å²) in [6.45, 7) is 1.40. The number of aromatic amines is 1. The van der Waals surface area contributed by atoms with Crippen molar-refractivity contribution in [3.8, 4) is 0 Å². The molecule has 5 rings (SSSR count). The third-order valence-electron chi connectivity index (χ3n) is 4.87. The first kappa shape index (κ1) is 12.9. The van der Waals surface area contributed by atoms with Crippen LogP contribution in [0.5, 0.6) is 0 Å². The summed E-state index contributed by atoms with van der Waals surface area (Å²) in [7, 11) is 0. The maximum atomic E-state index is 12.7. The fraction of sp³-hybridized carbons (Fsp3) is 0.353. The normalized spacial score (nSPS) is 18.3. The van der Waals surface area contributed by atoms with Crippen molar-refractivity contribution >= 4 is 16.8 Å². The fourth-order valence-corrected chi connectivity index (χ4v) is 3.24. The number of rotatable bonds is 3. The van der Waals surface area contributed by atoms with Crippen LogP contribution in [-0.4, -0.2) is 43.9 Å². The molecule has 0 spiro atoms. The molecule has 1 aromatic carbocycles. The number of hydrogen-bond donors (Lipinski definition) is 1. The number of nitrogens with one attached hydrogen (secondary N) is 1. The molecule has 0 atom stereocenters. The Bertz CT molecular complexity index is 885. The predicted molar refractivity (Wildman–Crippen MR) is 85.2 cm³/mol. The van der Waals surface area contributed by atoms with Crippen LogP contribution in [0, 0.1) is 0 Å². The molecule has 1 amide bonds. The minimum atomic E-state index is 0.0845. The van der Waals surface area contributed by atoms with Crippen LogP contribution in [0.2, 0.25) is 0 Å². The second-order valence-electron chi connectivity index (χ2n) is 6.51. The van der Waals surface area contributed by atoms with E-state index in [1.54, 1.807) is 6.20 Å². The molecule has 1 aliphatic heterocycles. The Morgan fingerprint density at radius 1 is 1.22 bits per heavy atom. The molecule has 3 heterocycles. The molecular weight excluding hydrogens is 290 g/mol. The number of fused-ring (bicyclic) bond motifs is 1. The molecule has 0 unspecified atom stereocenters. The van der Waals surface area contributed by atoms with Gasteiger partial charge in [-0.25, -0.2) is 4.68 Å². The van der Waals surface area contributed by atoms with Crippen molar-refractivity contribution in [1.29, 1.82) is 0 Å². The van der Waals surface area contributed by atoms with Gasteiger partial charge in [-0.15, -0.1) is 5.10 Å². The van der Waals surface area contributed by atoms with Crippen molar-refractivity contribution in [2.24, 2.45) is 0 Å². The summed E-state index contributed by atoms with van der Waals surface area (Å²) < 4.78 is 1.92. The molecule has 1 saturated carbocycles. The van der Waals surface area contributed by atoms with Crippen molar-refractivity contribution in [1.82, 2.24) is 24.9 Å². The highest BCUT2D eigenvalue weighted by atomic mass is 16.2. The number of para-hydroxylation sites is 1. The Balaban J connectivity index is 1.31. The molecule has 2 fully saturated rings. The van der Waals surface area contributed by atoms with Gasteiger partial charge in [0.1, 0.15) is 0 Å². The lowest BCUT2D eigenvalue weighted by atomic mass is 10.1. The third-order valence-corrected chi connectivity index (χ3v) is 4.87. The molecule has 1 saturated heterocycles. The second-order valence-corrected chi connectivity index (χ2v) is 6.51. The topological polar surface area (TPSA) is 66.8 Å². The molecule has 1 N–H and O–H groups in total. The van der Waals surface area contributed by atoms with E-state index in [9.17, 15) is 4.79 Å². The Hall–Kier alpha value is -2.63. The van der Waals surface area contributed by atoms with Crippen LogP contribution in [0.3, 0.4) is 0 Å². The lowest BCUT2D eigenvalue weighted by Crippen LogP contribution is -2.50. The number of carbonyl (C=O) groups excluding carboxylic acids is 1. The SMILES string of the molecule is O=C(c1c[nH]c2ccccc12)N1CC(n2cc(C3CC3)nn2)C1. The van der Waals surface area contributed by atoms with E-state index >= 15 is 0 Å². The van der Waals surface area contributed by atoms with Crippen LogP contribution in [0.1, 0.15) is 40.9 Å². The summed E-state index contributed by atoms with van der Waals surface area (Å²) in [6, 6.07) is 8.15. The van der Waals surface area contributed by atoms with Crippen LogP contribution >= 0.6 is 0 Å². The molecule has 3 aromatic rings. The van der Waals surface area contributed by atoms with Gasteiger partial charge in [0.2, 0.25) is 0 Å². The first-order valence-corrected chi connectivity index (χ1v) is 8.07. The zero-order valence-electron chi connectivity index (χ0n) is 12.6. The number of benzene rings is 1. The summed E-state index contributed by atoms with van der Waals surface area (Å²) in [6.07, 6.45) is 6.32. The average Bonchev–Trinajstić information content (AvgIpc) is 3.10. The number of H-pyrrole nitrogens is 1. The second kappa shape index (κ2) is 4.68. The summed E-state index contributed by atoms with van der Waals surface area (Å²) in [5, 5.41) is 9.46. The van der Waals surface area contributed by atoms with Gasteiger partial charge >= 0.3 is 0 Å². The third kappa shape index (κ3) is 2.05. The Morgan fingerprint density at radius 2 is 2.04 bits per heavy atom. The van der Waals surface area contributed by atoms with Gasteiger partial charge < -0.3 is 9.88 Å². The summed E-state index contributed by atoms with van der Waals surface area (Å²) in [4.78, 5) is 17.7. The van der Waals surface area contributed by atoms with E-state index in [0.29, 0.717) is 19.0 Å². The Kier molecular flexibility index (Phi) is 2.62. The molecule has 116 valence electrons. The first-order chi connectivity index (χ1) is 11.3. The van der Waals surface area contributed by atoms with E-state index in [1.807, 2.05) is 33.8 Å². The lowest BCUT2D eigenvalue weighted by molar-refractivity contribution is 0.0500.